The highest BCUT2D eigenvalue weighted by molar-refractivity contribution is 6.17. The standard InChI is InChI=1S/C12H18ClNO/c1-11-7-6-8-12(15)14(11)10-5-3-2-4-9-13/h6-8H,2-5,9-10H2,1H3. The SMILES string of the molecule is Cc1cccc(=O)n1CCCCCCCl. The van der Waals surface area contributed by atoms with E-state index in [2.05, 4.69) is 0 Å². The van der Waals surface area contributed by atoms with Gasteiger partial charge >= 0.3 is 0 Å². The van der Waals surface area contributed by atoms with Crippen LogP contribution in [0.25, 0.3) is 0 Å². The van der Waals surface area contributed by atoms with E-state index in [9.17, 15) is 4.79 Å². The lowest BCUT2D eigenvalue weighted by Crippen LogP contribution is -2.20. The topological polar surface area (TPSA) is 22.0 Å². The molecule has 0 aliphatic heterocycles. The molecule has 15 heavy (non-hydrogen) atoms. The second-order valence-corrected chi connectivity index (χ2v) is 4.14. The number of halogens is 1. The van der Waals surface area contributed by atoms with Crippen molar-refractivity contribution in [3.63, 3.8) is 0 Å². The van der Waals surface area contributed by atoms with Gasteiger partial charge in [-0.15, -0.1) is 11.6 Å². The largest absolute Gasteiger partial charge is 0.313 e. The first-order valence-electron chi connectivity index (χ1n) is 5.48. The summed E-state index contributed by atoms with van der Waals surface area (Å²) in [4.78, 5) is 11.5. The molecule has 0 unspecified atom stereocenters. The third kappa shape index (κ3) is 4.08. The molecule has 0 fully saturated rings. The minimum Gasteiger partial charge on any atom is -0.313 e. The molecule has 0 atom stereocenters. The van der Waals surface area contributed by atoms with Crippen LogP contribution in [0.1, 0.15) is 31.4 Å². The Balaban J connectivity index is 2.40. The van der Waals surface area contributed by atoms with Crippen LogP contribution >= 0.6 is 11.6 Å². The van der Waals surface area contributed by atoms with Gasteiger partial charge in [-0.3, -0.25) is 4.79 Å². The van der Waals surface area contributed by atoms with Crippen LogP contribution in [-0.2, 0) is 6.54 Å². The molecule has 84 valence electrons. The molecule has 1 rings (SSSR count). The van der Waals surface area contributed by atoms with Crippen molar-refractivity contribution in [1.29, 1.82) is 0 Å². The van der Waals surface area contributed by atoms with E-state index in [0.717, 1.165) is 43.8 Å². The number of hydrogen-bond donors (Lipinski definition) is 0. The highest BCUT2D eigenvalue weighted by atomic mass is 35.5. The molecule has 0 bridgehead atoms. The molecule has 0 spiro atoms. The van der Waals surface area contributed by atoms with Gasteiger partial charge < -0.3 is 4.57 Å². The van der Waals surface area contributed by atoms with Crippen LogP contribution in [0.3, 0.4) is 0 Å². The first kappa shape index (κ1) is 12.3. The van der Waals surface area contributed by atoms with E-state index in [0.29, 0.717) is 0 Å². The quantitative estimate of drug-likeness (QED) is 0.541. The number of pyridine rings is 1. The molecule has 0 aliphatic rings. The van der Waals surface area contributed by atoms with Crippen LogP contribution in [0.5, 0.6) is 0 Å². The Morgan fingerprint density at radius 3 is 2.60 bits per heavy atom. The number of nitrogens with zero attached hydrogens (tertiary/aromatic N) is 1. The van der Waals surface area contributed by atoms with Crippen LogP contribution in [-0.4, -0.2) is 10.4 Å². The molecular formula is C12H18ClNO. The maximum absolute atomic E-state index is 11.5. The smallest absolute Gasteiger partial charge is 0.250 e. The predicted molar refractivity (Wildman–Crippen MR) is 64.6 cm³/mol. The van der Waals surface area contributed by atoms with Gasteiger partial charge in [0.15, 0.2) is 0 Å². The van der Waals surface area contributed by atoms with E-state index in [4.69, 9.17) is 11.6 Å². The lowest BCUT2D eigenvalue weighted by atomic mass is 10.2. The lowest BCUT2D eigenvalue weighted by molar-refractivity contribution is 0.562. The highest BCUT2D eigenvalue weighted by Crippen LogP contribution is 2.03. The molecule has 1 aromatic heterocycles. The van der Waals surface area contributed by atoms with Crippen molar-refractivity contribution in [3.05, 3.63) is 34.2 Å². The molecule has 0 amide bonds. The van der Waals surface area contributed by atoms with Gasteiger partial charge in [-0.05, 0) is 25.8 Å². The van der Waals surface area contributed by atoms with Gasteiger partial charge in [-0.1, -0.05) is 18.9 Å². The van der Waals surface area contributed by atoms with Crippen molar-refractivity contribution in [1.82, 2.24) is 4.57 Å². The van der Waals surface area contributed by atoms with Gasteiger partial charge in [0.1, 0.15) is 0 Å². The molecule has 0 aliphatic carbocycles. The fraction of sp³-hybridized carbons (Fsp3) is 0.583. The fourth-order valence-corrected chi connectivity index (χ4v) is 1.82. The summed E-state index contributed by atoms with van der Waals surface area (Å²) >= 11 is 5.59. The summed E-state index contributed by atoms with van der Waals surface area (Å²) in [6, 6.07) is 5.40. The number of hydrogen-bond acceptors (Lipinski definition) is 1. The molecule has 0 radical (unpaired) electrons. The predicted octanol–water partition coefficient (Wildman–Crippen LogP) is 2.96. The maximum Gasteiger partial charge on any atom is 0.250 e. The zero-order chi connectivity index (χ0) is 11.1. The zero-order valence-corrected chi connectivity index (χ0v) is 9.96. The van der Waals surface area contributed by atoms with Crippen molar-refractivity contribution >= 4 is 11.6 Å². The third-order valence-electron chi connectivity index (χ3n) is 2.53. The van der Waals surface area contributed by atoms with E-state index in [1.165, 1.54) is 0 Å². The van der Waals surface area contributed by atoms with Crippen molar-refractivity contribution < 1.29 is 0 Å². The molecule has 0 saturated carbocycles. The number of aromatic nitrogens is 1. The Kier molecular flexibility index (Phi) is 5.48. The summed E-state index contributed by atoms with van der Waals surface area (Å²) in [7, 11) is 0. The number of rotatable bonds is 6. The fourth-order valence-electron chi connectivity index (χ4n) is 1.63. The average molecular weight is 228 g/mol. The van der Waals surface area contributed by atoms with E-state index >= 15 is 0 Å². The van der Waals surface area contributed by atoms with Crippen molar-refractivity contribution in [2.75, 3.05) is 5.88 Å². The molecule has 3 heteroatoms. The molecular weight excluding hydrogens is 210 g/mol. The maximum atomic E-state index is 11.5. The van der Waals surface area contributed by atoms with Crippen LogP contribution < -0.4 is 5.56 Å². The van der Waals surface area contributed by atoms with Gasteiger partial charge in [0, 0.05) is 24.2 Å². The Bertz CT molecular complexity index is 346. The molecule has 0 saturated heterocycles. The Hall–Kier alpha value is -0.760. The third-order valence-corrected chi connectivity index (χ3v) is 2.80. The molecule has 1 heterocycles. The zero-order valence-electron chi connectivity index (χ0n) is 9.21. The summed E-state index contributed by atoms with van der Waals surface area (Å²) in [6.45, 7) is 2.80. The Morgan fingerprint density at radius 2 is 1.93 bits per heavy atom. The van der Waals surface area contributed by atoms with Gasteiger partial charge in [-0.2, -0.15) is 0 Å². The molecule has 1 aromatic rings. The minimum atomic E-state index is 0.104. The van der Waals surface area contributed by atoms with Crippen LogP contribution in [0.15, 0.2) is 23.0 Å². The summed E-state index contributed by atoms with van der Waals surface area (Å²) in [5, 5.41) is 0. The number of unbranched alkanes of at least 4 members (excludes halogenated alkanes) is 3. The Morgan fingerprint density at radius 1 is 1.20 bits per heavy atom. The summed E-state index contributed by atoms with van der Waals surface area (Å²) < 4.78 is 1.83. The average Bonchev–Trinajstić information content (AvgIpc) is 2.21. The van der Waals surface area contributed by atoms with Gasteiger partial charge in [0.25, 0.3) is 5.56 Å². The molecule has 2 nitrogen and oxygen atoms in total. The van der Waals surface area contributed by atoms with E-state index in [1.807, 2.05) is 23.6 Å². The number of alkyl halides is 1. The second kappa shape index (κ2) is 6.67. The van der Waals surface area contributed by atoms with Gasteiger partial charge in [0.2, 0.25) is 0 Å². The number of aryl methyl sites for hydroxylation is 1. The first-order valence-corrected chi connectivity index (χ1v) is 6.01. The minimum absolute atomic E-state index is 0.104. The lowest BCUT2D eigenvalue weighted by Gasteiger charge is -2.08. The van der Waals surface area contributed by atoms with Crippen molar-refractivity contribution in [2.24, 2.45) is 0 Å². The van der Waals surface area contributed by atoms with Crippen LogP contribution in [0.2, 0.25) is 0 Å². The van der Waals surface area contributed by atoms with Crippen LogP contribution in [0.4, 0.5) is 0 Å². The monoisotopic (exact) mass is 227 g/mol. The van der Waals surface area contributed by atoms with Crippen molar-refractivity contribution in [2.45, 2.75) is 39.2 Å². The summed E-state index contributed by atoms with van der Waals surface area (Å²) in [5.41, 5.74) is 1.15. The van der Waals surface area contributed by atoms with Crippen LogP contribution in [0, 0.1) is 6.92 Å². The van der Waals surface area contributed by atoms with Crippen molar-refractivity contribution in [3.8, 4) is 0 Å². The highest BCUT2D eigenvalue weighted by Gasteiger charge is 1.98. The van der Waals surface area contributed by atoms with Gasteiger partial charge in [0.05, 0.1) is 0 Å². The van der Waals surface area contributed by atoms with Gasteiger partial charge in [-0.25, -0.2) is 0 Å². The summed E-state index contributed by atoms with van der Waals surface area (Å²) in [5.74, 6) is 0.740. The van der Waals surface area contributed by atoms with E-state index < -0.39 is 0 Å². The normalized spacial score (nSPS) is 10.5. The van der Waals surface area contributed by atoms with E-state index in [-0.39, 0.29) is 5.56 Å². The molecule has 0 aromatic carbocycles. The Labute approximate surface area is 95.9 Å². The summed E-state index contributed by atoms with van der Waals surface area (Å²) in [6.07, 6.45) is 4.43. The second-order valence-electron chi connectivity index (χ2n) is 3.76. The first-order chi connectivity index (χ1) is 7.25. The van der Waals surface area contributed by atoms with E-state index in [1.54, 1.807) is 6.07 Å². The molecule has 0 N–H and O–H groups in total.